The van der Waals surface area contributed by atoms with Crippen LogP contribution < -0.4 is 0 Å². The zero-order valence-corrected chi connectivity index (χ0v) is 13.3. The fourth-order valence-electron chi connectivity index (χ4n) is 2.54. The van der Waals surface area contributed by atoms with Crippen molar-refractivity contribution in [1.29, 1.82) is 0 Å². The summed E-state index contributed by atoms with van der Waals surface area (Å²) in [6.45, 7) is 4.83. The molecule has 120 valence electrons. The normalized spacial score (nSPS) is 17.9. The molecule has 0 spiro atoms. The van der Waals surface area contributed by atoms with Gasteiger partial charge in [-0.1, -0.05) is 5.16 Å². The summed E-state index contributed by atoms with van der Waals surface area (Å²) < 4.78 is 36.6. The van der Waals surface area contributed by atoms with Gasteiger partial charge in [0.2, 0.25) is 10.0 Å². The van der Waals surface area contributed by atoms with Gasteiger partial charge >= 0.3 is 0 Å². The van der Waals surface area contributed by atoms with Gasteiger partial charge in [0.15, 0.2) is 5.76 Å². The second-order valence-electron chi connectivity index (χ2n) is 5.45. The lowest BCUT2D eigenvalue weighted by Gasteiger charge is -2.33. The van der Waals surface area contributed by atoms with Crippen molar-refractivity contribution in [3.8, 4) is 0 Å². The molecule has 22 heavy (non-hydrogen) atoms. The van der Waals surface area contributed by atoms with Crippen molar-refractivity contribution in [3.05, 3.63) is 41.7 Å². The van der Waals surface area contributed by atoms with Crippen molar-refractivity contribution < 1.29 is 17.4 Å². The number of rotatable bonds is 5. The molecule has 2 aromatic heterocycles. The van der Waals surface area contributed by atoms with E-state index in [9.17, 15) is 8.42 Å². The van der Waals surface area contributed by atoms with Gasteiger partial charge in [0.25, 0.3) is 0 Å². The van der Waals surface area contributed by atoms with Crippen molar-refractivity contribution in [2.45, 2.75) is 19.2 Å². The third-order valence-corrected chi connectivity index (χ3v) is 5.49. The number of piperazine rings is 1. The number of furan rings is 1. The van der Waals surface area contributed by atoms with E-state index in [1.807, 2.05) is 12.1 Å². The third kappa shape index (κ3) is 3.57. The van der Waals surface area contributed by atoms with Gasteiger partial charge < -0.3 is 8.94 Å². The number of aromatic nitrogens is 1. The van der Waals surface area contributed by atoms with Crippen LogP contribution in [0.1, 0.15) is 17.2 Å². The fourth-order valence-corrected chi connectivity index (χ4v) is 3.94. The van der Waals surface area contributed by atoms with E-state index in [0.29, 0.717) is 44.2 Å². The van der Waals surface area contributed by atoms with Crippen LogP contribution in [0.4, 0.5) is 0 Å². The van der Waals surface area contributed by atoms with Gasteiger partial charge in [-0.3, -0.25) is 4.90 Å². The molecule has 1 aliphatic rings. The van der Waals surface area contributed by atoms with Crippen LogP contribution in [0.15, 0.2) is 33.4 Å². The van der Waals surface area contributed by atoms with Crippen molar-refractivity contribution >= 4 is 10.0 Å². The molecule has 3 rings (SSSR count). The molecule has 3 heterocycles. The van der Waals surface area contributed by atoms with Crippen molar-refractivity contribution in [3.63, 3.8) is 0 Å². The predicted molar refractivity (Wildman–Crippen MR) is 79.4 cm³/mol. The van der Waals surface area contributed by atoms with E-state index in [1.54, 1.807) is 19.3 Å². The third-order valence-electron chi connectivity index (χ3n) is 3.69. The zero-order valence-electron chi connectivity index (χ0n) is 12.4. The van der Waals surface area contributed by atoms with Gasteiger partial charge in [0.1, 0.15) is 11.5 Å². The minimum atomic E-state index is -3.36. The van der Waals surface area contributed by atoms with Gasteiger partial charge in [0.05, 0.1) is 18.5 Å². The summed E-state index contributed by atoms with van der Waals surface area (Å²) in [6, 6.07) is 5.44. The number of sulfonamides is 1. The average Bonchev–Trinajstić information content (AvgIpc) is 3.11. The minimum absolute atomic E-state index is 0.133. The highest BCUT2D eigenvalue weighted by molar-refractivity contribution is 7.88. The molecule has 2 aromatic rings. The molecule has 0 saturated carbocycles. The summed E-state index contributed by atoms with van der Waals surface area (Å²) in [5, 5.41) is 3.72. The smallest absolute Gasteiger partial charge is 0.221 e. The van der Waals surface area contributed by atoms with Crippen LogP contribution in [0.3, 0.4) is 0 Å². The second-order valence-corrected chi connectivity index (χ2v) is 7.41. The van der Waals surface area contributed by atoms with E-state index in [2.05, 4.69) is 10.1 Å². The van der Waals surface area contributed by atoms with Gasteiger partial charge in [0, 0.05) is 32.2 Å². The van der Waals surface area contributed by atoms with Crippen LogP contribution >= 0.6 is 0 Å². The lowest BCUT2D eigenvalue weighted by molar-refractivity contribution is 0.170. The maximum Gasteiger partial charge on any atom is 0.221 e. The molecule has 0 aromatic carbocycles. The van der Waals surface area contributed by atoms with Crippen LogP contribution in [-0.4, -0.2) is 49.0 Å². The van der Waals surface area contributed by atoms with Crippen LogP contribution in [0.5, 0.6) is 0 Å². The van der Waals surface area contributed by atoms with Crippen LogP contribution in [0.25, 0.3) is 0 Å². The van der Waals surface area contributed by atoms with E-state index < -0.39 is 10.0 Å². The standard InChI is InChI=1S/C14H19N3O4S/c1-12-9-14(21-15-12)11-22(18,19)17-6-4-16(5-7-17)10-13-3-2-8-20-13/h2-3,8-9H,4-7,10-11H2,1H3. The largest absolute Gasteiger partial charge is 0.468 e. The lowest BCUT2D eigenvalue weighted by Crippen LogP contribution is -2.48. The van der Waals surface area contributed by atoms with Gasteiger partial charge in [-0.05, 0) is 19.1 Å². The van der Waals surface area contributed by atoms with Crippen molar-refractivity contribution in [2.24, 2.45) is 0 Å². The van der Waals surface area contributed by atoms with E-state index in [-0.39, 0.29) is 5.75 Å². The summed E-state index contributed by atoms with van der Waals surface area (Å²) in [5.74, 6) is 1.15. The van der Waals surface area contributed by atoms with Crippen LogP contribution in [0, 0.1) is 6.92 Å². The predicted octanol–water partition coefficient (Wildman–Crippen LogP) is 1.22. The van der Waals surface area contributed by atoms with E-state index in [4.69, 9.17) is 8.94 Å². The summed E-state index contributed by atoms with van der Waals surface area (Å²) in [5.41, 5.74) is 0.688. The van der Waals surface area contributed by atoms with Crippen molar-refractivity contribution in [1.82, 2.24) is 14.4 Å². The number of nitrogens with zero attached hydrogens (tertiary/aromatic N) is 3. The molecule has 0 atom stereocenters. The molecule has 0 N–H and O–H groups in total. The number of hydrogen-bond donors (Lipinski definition) is 0. The minimum Gasteiger partial charge on any atom is -0.468 e. The molecule has 1 aliphatic heterocycles. The Kier molecular flexibility index (Phi) is 4.32. The molecule has 7 nitrogen and oxygen atoms in total. The second kappa shape index (κ2) is 6.23. The van der Waals surface area contributed by atoms with E-state index in [1.165, 1.54) is 4.31 Å². The highest BCUT2D eigenvalue weighted by atomic mass is 32.2. The molecular formula is C14H19N3O4S. The monoisotopic (exact) mass is 325 g/mol. The summed E-state index contributed by atoms with van der Waals surface area (Å²) >= 11 is 0. The maximum absolute atomic E-state index is 12.4. The molecule has 0 amide bonds. The number of hydrogen-bond acceptors (Lipinski definition) is 6. The first-order valence-electron chi connectivity index (χ1n) is 7.18. The zero-order chi connectivity index (χ0) is 15.6. The molecule has 8 heteroatoms. The Balaban J connectivity index is 1.56. The molecule has 0 radical (unpaired) electrons. The Bertz CT molecular complexity index is 700. The summed E-state index contributed by atoms with van der Waals surface area (Å²) in [4.78, 5) is 2.18. The Hall–Kier alpha value is -1.64. The topological polar surface area (TPSA) is 79.8 Å². The van der Waals surface area contributed by atoms with E-state index in [0.717, 1.165) is 5.76 Å². The van der Waals surface area contributed by atoms with Crippen LogP contribution in [-0.2, 0) is 22.3 Å². The molecule has 1 fully saturated rings. The Morgan fingerprint density at radius 1 is 1.23 bits per heavy atom. The first-order valence-corrected chi connectivity index (χ1v) is 8.78. The Labute approximate surface area is 129 Å². The molecule has 0 unspecified atom stereocenters. The molecular weight excluding hydrogens is 306 g/mol. The maximum atomic E-state index is 12.4. The lowest BCUT2D eigenvalue weighted by atomic mass is 10.3. The quantitative estimate of drug-likeness (QED) is 0.822. The summed E-state index contributed by atoms with van der Waals surface area (Å²) in [6.07, 6.45) is 1.65. The Morgan fingerprint density at radius 2 is 2.00 bits per heavy atom. The molecule has 1 saturated heterocycles. The van der Waals surface area contributed by atoms with Gasteiger partial charge in [-0.15, -0.1) is 0 Å². The first-order chi connectivity index (χ1) is 10.5. The first kappa shape index (κ1) is 15.3. The molecule has 0 aliphatic carbocycles. The summed E-state index contributed by atoms with van der Waals surface area (Å²) in [7, 11) is -3.36. The van der Waals surface area contributed by atoms with Crippen LogP contribution in [0.2, 0.25) is 0 Å². The van der Waals surface area contributed by atoms with E-state index >= 15 is 0 Å². The number of aryl methyl sites for hydroxylation is 1. The molecule has 0 bridgehead atoms. The van der Waals surface area contributed by atoms with Gasteiger partial charge in [-0.2, -0.15) is 4.31 Å². The average molecular weight is 325 g/mol. The van der Waals surface area contributed by atoms with Gasteiger partial charge in [-0.25, -0.2) is 8.42 Å². The Morgan fingerprint density at radius 3 is 2.59 bits per heavy atom. The fraction of sp³-hybridized carbons (Fsp3) is 0.500. The highest BCUT2D eigenvalue weighted by Gasteiger charge is 2.28. The van der Waals surface area contributed by atoms with Crippen molar-refractivity contribution in [2.75, 3.05) is 26.2 Å². The highest BCUT2D eigenvalue weighted by Crippen LogP contribution is 2.15. The SMILES string of the molecule is Cc1cc(CS(=O)(=O)N2CCN(Cc3ccco3)CC2)on1.